The van der Waals surface area contributed by atoms with Crippen molar-refractivity contribution in [3.8, 4) is 0 Å². The predicted molar refractivity (Wildman–Crippen MR) is 74.8 cm³/mol. The second kappa shape index (κ2) is 4.88. The van der Waals surface area contributed by atoms with E-state index >= 15 is 0 Å². The molecule has 1 aliphatic carbocycles. The summed E-state index contributed by atoms with van der Waals surface area (Å²) >= 11 is 0. The Labute approximate surface area is 108 Å². The Morgan fingerprint density at radius 1 is 1.56 bits per heavy atom. The van der Waals surface area contributed by atoms with Gasteiger partial charge in [-0.15, -0.1) is 0 Å². The number of carbonyl (C=O) groups excluding carboxylic acids is 1. The summed E-state index contributed by atoms with van der Waals surface area (Å²) in [5.74, 6) is 1.51. The minimum atomic E-state index is -0.105. The van der Waals surface area contributed by atoms with Crippen LogP contribution in [0.15, 0.2) is 18.2 Å². The highest BCUT2D eigenvalue weighted by Crippen LogP contribution is 2.39. The van der Waals surface area contributed by atoms with Crippen molar-refractivity contribution in [3.63, 3.8) is 0 Å². The van der Waals surface area contributed by atoms with Crippen molar-refractivity contribution < 1.29 is 4.79 Å². The molecule has 98 valence electrons. The number of carbonyl (C=O) groups is 1. The van der Waals surface area contributed by atoms with Crippen LogP contribution in [-0.2, 0) is 0 Å². The fraction of sp³-hybridized carbons (Fsp3) is 0.500. The molecule has 1 aromatic rings. The molecule has 1 fully saturated rings. The lowest BCUT2D eigenvalue weighted by atomic mass is 10.1. The lowest BCUT2D eigenvalue weighted by molar-refractivity contribution is 0.0963. The number of nitrogens with two attached hydrogens (primary N) is 1. The van der Waals surface area contributed by atoms with Crippen LogP contribution in [0.4, 0.5) is 11.4 Å². The van der Waals surface area contributed by atoms with E-state index < -0.39 is 0 Å². The molecule has 1 amide bonds. The maximum Gasteiger partial charge on any atom is 0.251 e. The van der Waals surface area contributed by atoms with Gasteiger partial charge in [-0.3, -0.25) is 4.79 Å². The molecule has 0 radical (unpaired) electrons. The molecule has 0 bridgehead atoms. The average molecular weight is 247 g/mol. The zero-order valence-electron chi connectivity index (χ0n) is 11.2. The van der Waals surface area contributed by atoms with Crippen LogP contribution in [0.3, 0.4) is 0 Å². The lowest BCUT2D eigenvalue weighted by Gasteiger charge is -2.21. The fourth-order valence-corrected chi connectivity index (χ4v) is 2.29. The van der Waals surface area contributed by atoms with E-state index in [1.807, 2.05) is 12.1 Å². The number of hydrogen-bond acceptors (Lipinski definition) is 3. The first-order chi connectivity index (χ1) is 8.52. The molecule has 2 atom stereocenters. The predicted octanol–water partition coefficient (Wildman–Crippen LogP) is 1.72. The summed E-state index contributed by atoms with van der Waals surface area (Å²) in [4.78, 5) is 13.7. The summed E-state index contributed by atoms with van der Waals surface area (Å²) in [6.07, 6.45) is 1.31. The first-order valence-corrected chi connectivity index (χ1v) is 6.35. The normalized spacial score (nSPS) is 21.5. The molecule has 2 rings (SSSR count). The molecule has 1 aliphatic rings. The van der Waals surface area contributed by atoms with Gasteiger partial charge in [0, 0.05) is 26.2 Å². The van der Waals surface area contributed by atoms with Gasteiger partial charge in [0.05, 0.1) is 11.4 Å². The lowest BCUT2D eigenvalue weighted by Crippen LogP contribution is -2.22. The quantitative estimate of drug-likeness (QED) is 0.796. The van der Waals surface area contributed by atoms with Crippen molar-refractivity contribution in [1.82, 2.24) is 5.32 Å². The molecule has 4 nitrogen and oxygen atoms in total. The molecule has 0 aliphatic heterocycles. The number of nitrogens with one attached hydrogen (secondary N) is 1. The van der Waals surface area contributed by atoms with Gasteiger partial charge in [-0.2, -0.15) is 0 Å². The van der Waals surface area contributed by atoms with E-state index in [1.165, 1.54) is 6.42 Å². The van der Waals surface area contributed by atoms with Gasteiger partial charge in [-0.1, -0.05) is 6.92 Å². The van der Waals surface area contributed by atoms with E-state index in [-0.39, 0.29) is 5.91 Å². The summed E-state index contributed by atoms with van der Waals surface area (Å²) < 4.78 is 0. The summed E-state index contributed by atoms with van der Waals surface area (Å²) in [7, 11) is 3.67. The third kappa shape index (κ3) is 2.58. The van der Waals surface area contributed by atoms with E-state index in [4.69, 9.17) is 5.73 Å². The van der Waals surface area contributed by atoms with Crippen LogP contribution in [0.5, 0.6) is 0 Å². The van der Waals surface area contributed by atoms with Gasteiger partial charge >= 0.3 is 0 Å². The minimum Gasteiger partial charge on any atom is -0.397 e. The third-order valence-electron chi connectivity index (χ3n) is 3.71. The maximum atomic E-state index is 11.5. The highest BCUT2D eigenvalue weighted by Gasteiger charge is 2.33. The van der Waals surface area contributed by atoms with Gasteiger partial charge in [0.1, 0.15) is 0 Å². The van der Waals surface area contributed by atoms with Crippen LogP contribution in [0.25, 0.3) is 0 Å². The number of hydrogen-bond donors (Lipinski definition) is 2. The zero-order valence-corrected chi connectivity index (χ0v) is 11.2. The molecule has 3 N–H and O–H groups in total. The summed E-state index contributed by atoms with van der Waals surface area (Å²) in [6.45, 7) is 3.31. The second-order valence-electron chi connectivity index (χ2n) is 5.21. The van der Waals surface area contributed by atoms with Crippen molar-refractivity contribution >= 4 is 17.3 Å². The van der Waals surface area contributed by atoms with Crippen LogP contribution in [0, 0.1) is 11.8 Å². The minimum absolute atomic E-state index is 0.105. The number of anilines is 2. The van der Waals surface area contributed by atoms with E-state index in [2.05, 4.69) is 24.2 Å². The van der Waals surface area contributed by atoms with E-state index in [9.17, 15) is 4.79 Å². The van der Waals surface area contributed by atoms with Crippen LogP contribution < -0.4 is 16.0 Å². The first kappa shape index (κ1) is 12.7. The van der Waals surface area contributed by atoms with Crippen LogP contribution in [-0.4, -0.2) is 26.5 Å². The molecule has 1 aromatic carbocycles. The molecular formula is C14H21N3O. The van der Waals surface area contributed by atoms with Gasteiger partial charge in [0.15, 0.2) is 0 Å². The van der Waals surface area contributed by atoms with E-state index in [1.54, 1.807) is 13.1 Å². The third-order valence-corrected chi connectivity index (χ3v) is 3.71. The van der Waals surface area contributed by atoms with Crippen LogP contribution in [0.1, 0.15) is 23.7 Å². The topological polar surface area (TPSA) is 58.4 Å². The Hall–Kier alpha value is -1.71. The van der Waals surface area contributed by atoms with Crippen molar-refractivity contribution in [1.29, 1.82) is 0 Å². The fourth-order valence-electron chi connectivity index (χ4n) is 2.29. The molecule has 0 spiro atoms. The van der Waals surface area contributed by atoms with Crippen molar-refractivity contribution in [2.45, 2.75) is 13.3 Å². The number of rotatable bonds is 4. The van der Waals surface area contributed by atoms with Crippen molar-refractivity contribution in [3.05, 3.63) is 23.8 Å². The standard InChI is InChI=1S/C14H21N3O/c1-9-6-11(9)8-17(3)13-5-4-10(7-12(13)15)14(18)16-2/h4-5,7,9,11H,6,8,15H2,1-3H3,(H,16,18). The summed E-state index contributed by atoms with van der Waals surface area (Å²) in [6, 6.07) is 5.48. The summed E-state index contributed by atoms with van der Waals surface area (Å²) in [5.41, 5.74) is 8.29. The van der Waals surface area contributed by atoms with E-state index in [0.29, 0.717) is 11.3 Å². The Kier molecular flexibility index (Phi) is 3.45. The first-order valence-electron chi connectivity index (χ1n) is 6.35. The van der Waals surface area contributed by atoms with E-state index in [0.717, 1.165) is 24.1 Å². The number of nitrogens with zero attached hydrogens (tertiary/aromatic N) is 1. The number of benzene rings is 1. The van der Waals surface area contributed by atoms with Crippen molar-refractivity contribution in [2.24, 2.45) is 11.8 Å². The molecule has 4 heteroatoms. The smallest absolute Gasteiger partial charge is 0.251 e. The Bertz CT molecular complexity index is 458. The molecular weight excluding hydrogens is 226 g/mol. The second-order valence-corrected chi connectivity index (χ2v) is 5.21. The SMILES string of the molecule is CNC(=O)c1ccc(N(C)CC2CC2C)c(N)c1. The zero-order chi connectivity index (χ0) is 13.3. The van der Waals surface area contributed by atoms with Gasteiger partial charge in [-0.05, 0) is 36.5 Å². The van der Waals surface area contributed by atoms with Gasteiger partial charge in [-0.25, -0.2) is 0 Å². The van der Waals surface area contributed by atoms with Gasteiger partial charge < -0.3 is 16.0 Å². The molecule has 0 heterocycles. The Morgan fingerprint density at radius 3 is 2.72 bits per heavy atom. The van der Waals surface area contributed by atoms with Crippen molar-refractivity contribution in [2.75, 3.05) is 31.3 Å². The molecule has 0 aromatic heterocycles. The average Bonchev–Trinajstić information content (AvgIpc) is 3.03. The molecule has 18 heavy (non-hydrogen) atoms. The highest BCUT2D eigenvalue weighted by atomic mass is 16.1. The monoisotopic (exact) mass is 247 g/mol. The summed E-state index contributed by atoms with van der Waals surface area (Å²) in [5, 5.41) is 2.60. The molecule has 0 saturated heterocycles. The largest absolute Gasteiger partial charge is 0.397 e. The molecule has 1 saturated carbocycles. The number of nitrogen functional groups attached to an aromatic ring is 1. The number of amides is 1. The molecule has 2 unspecified atom stereocenters. The highest BCUT2D eigenvalue weighted by molar-refractivity contribution is 5.96. The van der Waals surface area contributed by atoms with Gasteiger partial charge in [0.25, 0.3) is 5.91 Å². The van der Waals surface area contributed by atoms with Crippen LogP contribution >= 0.6 is 0 Å². The Balaban J connectivity index is 2.11. The maximum absolute atomic E-state index is 11.5. The Morgan fingerprint density at radius 2 is 2.22 bits per heavy atom. The van der Waals surface area contributed by atoms with Crippen LogP contribution in [0.2, 0.25) is 0 Å². The van der Waals surface area contributed by atoms with Gasteiger partial charge in [0.2, 0.25) is 0 Å².